The van der Waals surface area contributed by atoms with Crippen molar-refractivity contribution in [1.29, 1.82) is 5.26 Å². The smallest absolute Gasteiger partial charge is 0.255 e. The van der Waals surface area contributed by atoms with E-state index in [1.807, 2.05) is 43.3 Å². The highest BCUT2D eigenvalue weighted by Crippen LogP contribution is 2.22. The number of carbonyl (C=O) groups is 1. The van der Waals surface area contributed by atoms with E-state index in [1.54, 1.807) is 34.8 Å². The van der Waals surface area contributed by atoms with Crippen LogP contribution in [0.1, 0.15) is 21.7 Å². The van der Waals surface area contributed by atoms with E-state index in [2.05, 4.69) is 20.6 Å². The predicted molar refractivity (Wildman–Crippen MR) is 100 cm³/mol. The molecule has 0 radical (unpaired) electrons. The largest absolute Gasteiger partial charge is 0.322 e. The van der Waals surface area contributed by atoms with Crippen LogP contribution in [0.15, 0.2) is 60.7 Å². The van der Waals surface area contributed by atoms with Crippen LogP contribution in [-0.4, -0.2) is 25.7 Å². The fourth-order valence-corrected chi connectivity index (χ4v) is 2.74. The molecule has 0 aliphatic heterocycles. The highest BCUT2D eigenvalue weighted by molar-refractivity contribution is 6.04. The van der Waals surface area contributed by atoms with E-state index in [4.69, 9.17) is 5.26 Å². The maximum atomic E-state index is 12.5. The Morgan fingerprint density at radius 1 is 1.07 bits per heavy atom. The molecule has 0 saturated heterocycles. The van der Waals surface area contributed by atoms with Gasteiger partial charge in [-0.25, -0.2) is 0 Å². The Labute approximate surface area is 154 Å². The summed E-state index contributed by atoms with van der Waals surface area (Å²) in [7, 11) is 0. The molecule has 1 N–H and O–H groups in total. The normalized spacial score (nSPS) is 10.5. The zero-order valence-corrected chi connectivity index (χ0v) is 14.4. The number of nitrogens with one attached hydrogen (secondary N) is 1. The molecule has 7 nitrogen and oxygen atoms in total. The van der Waals surface area contributed by atoms with Gasteiger partial charge in [0.1, 0.15) is 0 Å². The highest BCUT2D eigenvalue weighted by atomic mass is 16.1. The quantitative estimate of drug-likeness (QED) is 0.609. The lowest BCUT2D eigenvalue weighted by Gasteiger charge is -2.08. The number of nitriles is 1. The number of hydrogen-bond donors (Lipinski definition) is 1. The van der Waals surface area contributed by atoms with Crippen LogP contribution in [0.3, 0.4) is 0 Å². The first-order chi connectivity index (χ1) is 13.1. The van der Waals surface area contributed by atoms with Crippen molar-refractivity contribution in [3.05, 3.63) is 77.6 Å². The van der Waals surface area contributed by atoms with Gasteiger partial charge in [-0.1, -0.05) is 18.2 Å². The number of hydrogen-bond acceptors (Lipinski definition) is 5. The van der Waals surface area contributed by atoms with Crippen molar-refractivity contribution < 1.29 is 4.79 Å². The highest BCUT2D eigenvalue weighted by Gasteiger charge is 2.09. The maximum absolute atomic E-state index is 12.5. The van der Waals surface area contributed by atoms with Crippen molar-refractivity contribution in [3.63, 3.8) is 0 Å². The molecule has 7 heteroatoms. The van der Waals surface area contributed by atoms with Gasteiger partial charge in [0.15, 0.2) is 11.5 Å². The van der Waals surface area contributed by atoms with Crippen molar-refractivity contribution in [2.24, 2.45) is 0 Å². The fourth-order valence-electron chi connectivity index (χ4n) is 2.74. The van der Waals surface area contributed by atoms with Gasteiger partial charge in [0.05, 0.1) is 17.3 Å². The average molecular weight is 354 g/mol. The molecule has 0 fully saturated rings. The lowest BCUT2D eigenvalue weighted by Crippen LogP contribution is -2.12. The predicted octanol–water partition coefficient (Wildman–Crippen LogP) is 3.22. The van der Waals surface area contributed by atoms with Gasteiger partial charge < -0.3 is 5.32 Å². The Morgan fingerprint density at radius 3 is 2.78 bits per heavy atom. The van der Waals surface area contributed by atoms with E-state index in [-0.39, 0.29) is 5.91 Å². The van der Waals surface area contributed by atoms with E-state index < -0.39 is 0 Å². The summed E-state index contributed by atoms with van der Waals surface area (Å²) in [6, 6.07) is 19.7. The molecule has 0 bridgehead atoms. The third-order valence-corrected chi connectivity index (χ3v) is 4.09. The summed E-state index contributed by atoms with van der Waals surface area (Å²) in [6.07, 6.45) is 0. The van der Waals surface area contributed by atoms with E-state index >= 15 is 0 Å². The molecule has 2 heterocycles. The third kappa shape index (κ3) is 3.24. The van der Waals surface area contributed by atoms with Crippen LogP contribution in [0.5, 0.6) is 0 Å². The van der Waals surface area contributed by atoms with Gasteiger partial charge in [-0.15, -0.1) is 10.2 Å². The monoisotopic (exact) mass is 354 g/mol. The van der Waals surface area contributed by atoms with Gasteiger partial charge >= 0.3 is 0 Å². The molecule has 2 aromatic heterocycles. The molecule has 4 aromatic rings. The average Bonchev–Trinajstić information content (AvgIpc) is 3.08. The molecule has 0 atom stereocenters. The van der Waals surface area contributed by atoms with Crippen LogP contribution >= 0.6 is 0 Å². The van der Waals surface area contributed by atoms with E-state index in [0.717, 1.165) is 11.3 Å². The zero-order valence-electron chi connectivity index (χ0n) is 14.4. The second-order valence-corrected chi connectivity index (χ2v) is 5.96. The standard InChI is InChI=1S/C20H14N6O/c1-13-23-24-19-9-8-18(25-26(13)19)15-5-3-7-17(11-15)22-20(27)16-6-2-4-14(10-16)12-21/h2-11H,1H3,(H,22,27). The summed E-state index contributed by atoms with van der Waals surface area (Å²) in [5.41, 5.74) is 3.79. The summed E-state index contributed by atoms with van der Waals surface area (Å²) in [5.74, 6) is 0.427. The molecule has 0 aliphatic rings. The van der Waals surface area contributed by atoms with E-state index in [0.29, 0.717) is 28.3 Å². The number of anilines is 1. The Kier molecular flexibility index (Phi) is 4.07. The van der Waals surface area contributed by atoms with Crippen LogP contribution in [0.2, 0.25) is 0 Å². The number of amides is 1. The Balaban J connectivity index is 1.62. The molecule has 1 amide bonds. The van der Waals surface area contributed by atoms with Crippen molar-refractivity contribution in [3.8, 4) is 17.3 Å². The number of benzene rings is 2. The van der Waals surface area contributed by atoms with E-state index in [1.165, 1.54) is 0 Å². The molecular formula is C20H14N6O. The molecule has 27 heavy (non-hydrogen) atoms. The first kappa shape index (κ1) is 16.4. The van der Waals surface area contributed by atoms with Gasteiger partial charge in [0, 0.05) is 16.8 Å². The van der Waals surface area contributed by atoms with Gasteiger partial charge in [0.2, 0.25) is 0 Å². The minimum atomic E-state index is -0.276. The summed E-state index contributed by atoms with van der Waals surface area (Å²) in [6.45, 7) is 1.84. The summed E-state index contributed by atoms with van der Waals surface area (Å²) >= 11 is 0. The van der Waals surface area contributed by atoms with Gasteiger partial charge in [-0.3, -0.25) is 4.79 Å². The lowest BCUT2D eigenvalue weighted by atomic mass is 10.1. The lowest BCUT2D eigenvalue weighted by molar-refractivity contribution is 0.102. The summed E-state index contributed by atoms with van der Waals surface area (Å²) in [5, 5.41) is 24.4. The van der Waals surface area contributed by atoms with Crippen LogP contribution in [-0.2, 0) is 0 Å². The van der Waals surface area contributed by atoms with Crippen LogP contribution in [0.25, 0.3) is 16.9 Å². The first-order valence-electron chi connectivity index (χ1n) is 8.25. The van der Waals surface area contributed by atoms with Crippen LogP contribution < -0.4 is 5.32 Å². The molecule has 130 valence electrons. The number of aromatic nitrogens is 4. The number of carbonyl (C=O) groups excluding carboxylic acids is 1. The maximum Gasteiger partial charge on any atom is 0.255 e. The molecule has 0 saturated carbocycles. The van der Waals surface area contributed by atoms with E-state index in [9.17, 15) is 4.79 Å². The molecular weight excluding hydrogens is 340 g/mol. The number of nitrogens with zero attached hydrogens (tertiary/aromatic N) is 5. The molecule has 0 spiro atoms. The SMILES string of the molecule is Cc1nnc2ccc(-c3cccc(NC(=O)c4cccc(C#N)c4)c3)nn12. The number of fused-ring (bicyclic) bond motifs is 1. The summed E-state index contributed by atoms with van der Waals surface area (Å²) < 4.78 is 1.67. The van der Waals surface area contributed by atoms with Crippen molar-refractivity contribution in [1.82, 2.24) is 19.8 Å². The van der Waals surface area contributed by atoms with Crippen LogP contribution in [0, 0.1) is 18.3 Å². The Hall–Kier alpha value is -4.05. The van der Waals surface area contributed by atoms with Gasteiger partial charge in [-0.05, 0) is 49.4 Å². The first-order valence-corrected chi connectivity index (χ1v) is 8.25. The Bertz CT molecular complexity index is 1200. The summed E-state index contributed by atoms with van der Waals surface area (Å²) in [4.78, 5) is 12.5. The van der Waals surface area contributed by atoms with Crippen molar-refractivity contribution in [2.45, 2.75) is 6.92 Å². The second kappa shape index (κ2) is 6.69. The fraction of sp³-hybridized carbons (Fsp3) is 0.0500. The number of rotatable bonds is 3. The van der Waals surface area contributed by atoms with Gasteiger partial charge in [0.25, 0.3) is 5.91 Å². The third-order valence-electron chi connectivity index (χ3n) is 4.09. The molecule has 4 rings (SSSR count). The van der Waals surface area contributed by atoms with Crippen molar-refractivity contribution in [2.75, 3.05) is 5.32 Å². The van der Waals surface area contributed by atoms with Crippen molar-refractivity contribution >= 4 is 17.2 Å². The Morgan fingerprint density at radius 2 is 1.93 bits per heavy atom. The number of aryl methyl sites for hydroxylation is 1. The molecule has 0 unspecified atom stereocenters. The minimum absolute atomic E-state index is 0.276. The minimum Gasteiger partial charge on any atom is -0.322 e. The second-order valence-electron chi connectivity index (χ2n) is 5.96. The zero-order chi connectivity index (χ0) is 18.8. The molecule has 2 aromatic carbocycles. The topological polar surface area (TPSA) is 96.0 Å². The molecule has 0 aliphatic carbocycles. The van der Waals surface area contributed by atoms with Gasteiger partial charge in [-0.2, -0.15) is 14.9 Å². The van der Waals surface area contributed by atoms with Crippen LogP contribution in [0.4, 0.5) is 5.69 Å².